The Morgan fingerprint density at radius 2 is 1.78 bits per heavy atom. The number of benzene rings is 2. The molecule has 0 aliphatic heterocycles. The maximum Gasteiger partial charge on any atom is 0.251 e. The first-order valence-electron chi connectivity index (χ1n) is 8.72. The van der Waals surface area contributed by atoms with Crippen LogP contribution >= 0.6 is 0 Å². The second-order valence-electron chi connectivity index (χ2n) is 6.69. The molecule has 0 aliphatic rings. The highest BCUT2D eigenvalue weighted by Crippen LogP contribution is 2.23. The minimum Gasteiger partial charge on any atom is -0.493 e. The van der Waals surface area contributed by atoms with Crippen molar-refractivity contribution in [2.75, 3.05) is 13.2 Å². The number of rotatable bonds is 7. The van der Waals surface area contributed by atoms with Crippen LogP contribution in [-0.2, 0) is 10.0 Å². The summed E-state index contributed by atoms with van der Waals surface area (Å²) in [5.74, 6) is 0.512. The van der Waals surface area contributed by atoms with Crippen LogP contribution in [0.2, 0.25) is 0 Å². The van der Waals surface area contributed by atoms with E-state index in [2.05, 4.69) is 11.4 Å². The fourth-order valence-electron chi connectivity index (χ4n) is 2.76. The van der Waals surface area contributed by atoms with Gasteiger partial charge in [-0.2, -0.15) is 0 Å². The largest absolute Gasteiger partial charge is 0.493 e. The molecule has 0 unspecified atom stereocenters. The molecular formula is C20H26N2O4S. The van der Waals surface area contributed by atoms with Gasteiger partial charge in [-0.1, -0.05) is 12.1 Å². The van der Waals surface area contributed by atoms with Crippen molar-refractivity contribution >= 4 is 15.9 Å². The average molecular weight is 391 g/mol. The van der Waals surface area contributed by atoms with Gasteiger partial charge in [-0.25, -0.2) is 13.6 Å². The van der Waals surface area contributed by atoms with E-state index in [1.807, 2.05) is 26.8 Å². The standard InChI is InChI=1S/C20H26N2O4S/c1-13-10-15(3)16(4)18(11-13)26-9-5-8-22-20(23)17-7-6-14(2)19(12-17)27(21,24)25/h6-7,10-12H,5,8-9H2,1-4H3,(H,22,23)(H2,21,24,25). The van der Waals surface area contributed by atoms with Gasteiger partial charge in [0.25, 0.3) is 5.91 Å². The van der Waals surface area contributed by atoms with Crippen molar-refractivity contribution in [3.05, 3.63) is 58.1 Å². The normalized spacial score (nSPS) is 11.3. The Morgan fingerprint density at radius 3 is 2.44 bits per heavy atom. The number of nitrogens with two attached hydrogens (primary N) is 1. The molecule has 0 spiro atoms. The first-order valence-corrected chi connectivity index (χ1v) is 10.3. The first kappa shape index (κ1) is 20.9. The highest BCUT2D eigenvalue weighted by molar-refractivity contribution is 7.89. The van der Waals surface area contributed by atoms with Gasteiger partial charge in [-0.15, -0.1) is 0 Å². The van der Waals surface area contributed by atoms with Gasteiger partial charge in [0.05, 0.1) is 11.5 Å². The van der Waals surface area contributed by atoms with Gasteiger partial charge in [0.1, 0.15) is 5.75 Å². The van der Waals surface area contributed by atoms with E-state index in [1.165, 1.54) is 11.6 Å². The van der Waals surface area contributed by atoms with Crippen LogP contribution < -0.4 is 15.2 Å². The molecule has 0 radical (unpaired) electrons. The monoisotopic (exact) mass is 390 g/mol. The molecule has 27 heavy (non-hydrogen) atoms. The molecule has 7 heteroatoms. The van der Waals surface area contributed by atoms with E-state index < -0.39 is 10.0 Å². The quantitative estimate of drug-likeness (QED) is 0.710. The number of nitrogens with one attached hydrogen (secondary N) is 1. The average Bonchev–Trinajstić information content (AvgIpc) is 2.57. The lowest BCUT2D eigenvalue weighted by molar-refractivity contribution is 0.0951. The summed E-state index contributed by atoms with van der Waals surface area (Å²) in [5.41, 5.74) is 4.21. The Morgan fingerprint density at radius 1 is 1.07 bits per heavy atom. The Bertz CT molecular complexity index is 953. The Labute approximate surface area is 160 Å². The number of amides is 1. The molecule has 2 aromatic rings. The molecule has 2 aromatic carbocycles. The van der Waals surface area contributed by atoms with Crippen LogP contribution in [0.5, 0.6) is 5.75 Å². The maximum absolute atomic E-state index is 12.2. The van der Waals surface area contributed by atoms with Gasteiger partial charge < -0.3 is 10.1 Å². The molecule has 6 nitrogen and oxygen atoms in total. The number of ether oxygens (including phenoxy) is 1. The van der Waals surface area contributed by atoms with Crippen molar-refractivity contribution in [1.29, 1.82) is 0 Å². The summed E-state index contributed by atoms with van der Waals surface area (Å²) in [4.78, 5) is 12.2. The van der Waals surface area contributed by atoms with Crippen molar-refractivity contribution in [3.63, 3.8) is 0 Å². The van der Waals surface area contributed by atoms with E-state index in [9.17, 15) is 13.2 Å². The van der Waals surface area contributed by atoms with Gasteiger partial charge in [0, 0.05) is 12.1 Å². The van der Waals surface area contributed by atoms with E-state index in [0.717, 1.165) is 16.9 Å². The predicted molar refractivity (Wildman–Crippen MR) is 106 cm³/mol. The summed E-state index contributed by atoms with van der Waals surface area (Å²) in [7, 11) is -3.86. The third kappa shape index (κ3) is 5.55. The Hall–Kier alpha value is -2.38. The fourth-order valence-corrected chi connectivity index (χ4v) is 3.56. The third-order valence-corrected chi connectivity index (χ3v) is 5.44. The zero-order valence-electron chi connectivity index (χ0n) is 16.1. The molecule has 0 saturated carbocycles. The van der Waals surface area contributed by atoms with Crippen LogP contribution in [0.4, 0.5) is 0 Å². The molecule has 1 amide bonds. The van der Waals surface area contributed by atoms with Crippen LogP contribution in [0, 0.1) is 27.7 Å². The number of primary sulfonamides is 1. The molecule has 0 saturated heterocycles. The number of carbonyl (C=O) groups excluding carboxylic acids is 1. The molecule has 2 rings (SSSR count). The lowest BCUT2D eigenvalue weighted by atomic mass is 10.1. The summed E-state index contributed by atoms with van der Waals surface area (Å²) in [5, 5.41) is 7.95. The van der Waals surface area contributed by atoms with Crippen LogP contribution in [0.1, 0.15) is 39.0 Å². The summed E-state index contributed by atoms with van der Waals surface area (Å²) in [6.45, 7) is 8.62. The SMILES string of the molecule is Cc1cc(C)c(C)c(OCCCNC(=O)c2ccc(C)c(S(N)(=O)=O)c2)c1. The lowest BCUT2D eigenvalue weighted by Gasteiger charge is -2.13. The molecule has 0 aromatic heterocycles. The van der Waals surface area contributed by atoms with E-state index in [4.69, 9.17) is 9.88 Å². The minimum absolute atomic E-state index is 0.0382. The van der Waals surface area contributed by atoms with Gasteiger partial charge in [0.15, 0.2) is 0 Å². The third-order valence-electron chi connectivity index (χ3n) is 4.39. The van der Waals surface area contributed by atoms with Gasteiger partial charge >= 0.3 is 0 Å². The topological polar surface area (TPSA) is 98.5 Å². The van der Waals surface area contributed by atoms with Crippen molar-refractivity contribution in [1.82, 2.24) is 5.32 Å². The molecule has 146 valence electrons. The molecule has 0 bridgehead atoms. The predicted octanol–water partition coefficient (Wildman–Crippen LogP) is 2.77. The van der Waals surface area contributed by atoms with Crippen LogP contribution in [-0.4, -0.2) is 27.5 Å². The molecule has 0 heterocycles. The highest BCUT2D eigenvalue weighted by atomic mass is 32.2. The Balaban J connectivity index is 1.89. The summed E-state index contributed by atoms with van der Waals surface area (Å²) in [6.07, 6.45) is 0.631. The van der Waals surface area contributed by atoms with E-state index in [0.29, 0.717) is 25.1 Å². The van der Waals surface area contributed by atoms with Crippen molar-refractivity contribution in [2.24, 2.45) is 5.14 Å². The van der Waals surface area contributed by atoms with Crippen LogP contribution in [0.15, 0.2) is 35.2 Å². The van der Waals surface area contributed by atoms with Crippen LogP contribution in [0.25, 0.3) is 0 Å². The van der Waals surface area contributed by atoms with Crippen molar-refractivity contribution in [3.8, 4) is 5.75 Å². The second kappa shape index (κ2) is 8.54. The molecule has 0 atom stereocenters. The van der Waals surface area contributed by atoms with E-state index in [1.54, 1.807) is 19.1 Å². The number of sulfonamides is 1. The summed E-state index contributed by atoms with van der Waals surface area (Å²) in [6, 6.07) is 8.56. The van der Waals surface area contributed by atoms with Gasteiger partial charge in [-0.3, -0.25) is 4.79 Å². The number of carbonyl (C=O) groups is 1. The van der Waals surface area contributed by atoms with E-state index >= 15 is 0 Å². The smallest absolute Gasteiger partial charge is 0.251 e. The zero-order chi connectivity index (χ0) is 20.2. The first-order chi connectivity index (χ1) is 12.6. The molecule has 0 fully saturated rings. The molecule has 0 aliphatic carbocycles. The maximum atomic E-state index is 12.2. The van der Waals surface area contributed by atoms with E-state index in [-0.39, 0.29) is 16.4 Å². The van der Waals surface area contributed by atoms with Crippen molar-refractivity contribution in [2.45, 2.75) is 39.0 Å². The van der Waals surface area contributed by atoms with Gasteiger partial charge in [0.2, 0.25) is 10.0 Å². The number of hydrogen-bond donors (Lipinski definition) is 2. The lowest BCUT2D eigenvalue weighted by Crippen LogP contribution is -2.26. The second-order valence-corrected chi connectivity index (χ2v) is 8.22. The van der Waals surface area contributed by atoms with Crippen LogP contribution in [0.3, 0.4) is 0 Å². The zero-order valence-corrected chi connectivity index (χ0v) is 16.9. The summed E-state index contributed by atoms with van der Waals surface area (Å²) >= 11 is 0. The number of aryl methyl sites for hydroxylation is 3. The number of hydrogen-bond acceptors (Lipinski definition) is 4. The Kier molecular flexibility index (Phi) is 6.62. The van der Waals surface area contributed by atoms with Crippen molar-refractivity contribution < 1.29 is 17.9 Å². The molecule has 3 N–H and O–H groups in total. The minimum atomic E-state index is -3.86. The highest BCUT2D eigenvalue weighted by Gasteiger charge is 2.15. The summed E-state index contributed by atoms with van der Waals surface area (Å²) < 4.78 is 29.0. The molecular weight excluding hydrogens is 364 g/mol. The van der Waals surface area contributed by atoms with Gasteiger partial charge in [-0.05, 0) is 74.6 Å². The fraction of sp³-hybridized carbons (Fsp3) is 0.350.